The minimum Gasteiger partial charge on any atom is -0.779 e. The van der Waals surface area contributed by atoms with Crippen molar-refractivity contribution in [1.82, 2.24) is 0 Å². The van der Waals surface area contributed by atoms with Crippen molar-refractivity contribution in [3.63, 3.8) is 0 Å². The molecule has 312 valence electrons. The van der Waals surface area contributed by atoms with Crippen molar-refractivity contribution in [2.24, 2.45) is 0 Å². The van der Waals surface area contributed by atoms with Gasteiger partial charge in [0, 0.05) is 12.1 Å². The largest absolute Gasteiger partial charge is 2.00 e. The first-order valence-corrected chi connectivity index (χ1v) is 15.7. The molecule has 0 atom stereocenters. The number of alkyl halides is 18. The Morgan fingerprint density at radius 1 is 0.333 bits per heavy atom. The van der Waals surface area contributed by atoms with Crippen molar-refractivity contribution in [2.75, 3.05) is 0 Å². The molecule has 0 nitrogen and oxygen atoms in total. The van der Waals surface area contributed by atoms with Gasteiger partial charge in [0.15, 0.2) is 0 Å². The summed E-state index contributed by atoms with van der Waals surface area (Å²) in [6.07, 6.45) is -32.0. The Hall–Kier alpha value is -3.14. The van der Waals surface area contributed by atoms with Crippen molar-refractivity contribution in [1.29, 1.82) is 0 Å². The van der Waals surface area contributed by atoms with E-state index in [4.69, 9.17) is 25.3 Å². The minimum absolute atomic E-state index is 0. The van der Waals surface area contributed by atoms with Gasteiger partial charge in [-0.2, -0.15) is 88.8 Å². The molecule has 0 heterocycles. The Balaban J connectivity index is 0.000000755. The van der Waals surface area contributed by atoms with Gasteiger partial charge >= 0.3 is 61.0 Å². The number of halogens is 18. The van der Waals surface area contributed by atoms with E-state index < -0.39 is 94.7 Å². The van der Waals surface area contributed by atoms with Gasteiger partial charge in [-0.3, -0.25) is 0 Å². The van der Waals surface area contributed by atoms with Crippen molar-refractivity contribution in [3.05, 3.63) is 127 Å². The van der Waals surface area contributed by atoms with Crippen LogP contribution in [0.25, 0.3) is 0 Å². The molecule has 0 aliphatic heterocycles. The van der Waals surface area contributed by atoms with Crippen LogP contribution in [0.4, 0.5) is 79.0 Å². The molecule has 4 aromatic rings. The number of rotatable bonds is 0. The molecule has 4 rings (SSSR count). The Bertz CT molecular complexity index is 1610. The van der Waals surface area contributed by atoms with Crippen LogP contribution < -0.4 is 0 Å². The second-order valence-electron chi connectivity index (χ2n) is 11.8. The molecule has 0 aliphatic carbocycles. The fraction of sp³-hybridized carbons (Fsp3) is 0.333. The van der Waals surface area contributed by atoms with Crippen LogP contribution in [0.5, 0.6) is 0 Å². The molecule has 57 heavy (non-hydrogen) atoms. The minimum atomic E-state index is -5.35. The Labute approximate surface area is 342 Å². The van der Waals surface area contributed by atoms with Crippen LogP contribution in [0.15, 0.2) is 58.3 Å². The Morgan fingerprint density at radius 2 is 0.509 bits per heavy atom. The van der Waals surface area contributed by atoms with E-state index in [2.05, 4.69) is 65.8 Å². The topological polar surface area (TPSA) is 0 Å². The summed E-state index contributed by atoms with van der Waals surface area (Å²) in [4.78, 5) is 2.01. The van der Waals surface area contributed by atoms with Crippen molar-refractivity contribution < 1.29 is 79.0 Å². The molecule has 0 aliphatic rings. The average molecular weight is 983 g/mol. The van der Waals surface area contributed by atoms with Crippen LogP contribution in [0, 0.1) is 53.7 Å². The molecule has 0 saturated heterocycles. The average Bonchev–Trinajstić information content (AvgIpc) is 3.00. The second kappa shape index (κ2) is 19.7. The molecule has 0 saturated carbocycles. The van der Waals surface area contributed by atoms with E-state index in [1.165, 1.54) is 33.4 Å². The normalized spacial score (nSPS) is 12.2. The molecule has 0 spiro atoms. The van der Waals surface area contributed by atoms with E-state index in [0.717, 1.165) is 21.9 Å². The SMILES string of the molecule is Cc1cc(C)c([S-])c(C)c1.Cc1cc(C)c([S-])c(C)c1.FC(F)(F)c1[c]c(C(F)(F)F)cc(C(F)(F)F)c1.FC(F)(F)c1[c]c(C(F)(F)F)cc(C(F)(F)F)c1.[Sn+2]. The molecular weight excluding hydrogens is 957 g/mol. The third-order valence-electron chi connectivity index (χ3n) is 6.82. The quantitative estimate of drug-likeness (QED) is 0.0978. The zero-order valence-corrected chi connectivity index (χ0v) is 34.2. The van der Waals surface area contributed by atoms with Crippen LogP contribution in [0.2, 0.25) is 0 Å². The van der Waals surface area contributed by atoms with Crippen LogP contribution in [0.3, 0.4) is 0 Å². The number of aryl methyl sites for hydroxylation is 6. The van der Waals surface area contributed by atoms with Crippen LogP contribution in [0.1, 0.15) is 66.8 Å². The summed E-state index contributed by atoms with van der Waals surface area (Å²) in [7, 11) is 0. The molecular formula is C36H26F18S2Sn. The number of hydrogen-bond acceptors (Lipinski definition) is 2. The maximum atomic E-state index is 12.2. The van der Waals surface area contributed by atoms with Gasteiger partial charge in [0.1, 0.15) is 0 Å². The number of benzene rings is 4. The van der Waals surface area contributed by atoms with Gasteiger partial charge in [0.2, 0.25) is 0 Å². The fourth-order valence-electron chi connectivity index (χ4n) is 4.41. The Morgan fingerprint density at radius 3 is 0.649 bits per heavy atom. The van der Waals surface area contributed by atoms with Crippen molar-refractivity contribution in [3.8, 4) is 0 Å². The summed E-state index contributed by atoms with van der Waals surface area (Å²) in [5, 5.41) is 0. The van der Waals surface area contributed by atoms with E-state index in [1.807, 2.05) is 0 Å². The molecule has 4 aromatic carbocycles. The monoisotopic (exact) mass is 984 g/mol. The molecule has 0 aromatic heterocycles. The molecule has 0 N–H and O–H groups in total. The molecule has 0 unspecified atom stereocenters. The van der Waals surface area contributed by atoms with Gasteiger partial charge in [0.05, 0.1) is 33.4 Å². The smallest absolute Gasteiger partial charge is 0.779 e. The van der Waals surface area contributed by atoms with E-state index in [-0.39, 0.29) is 23.9 Å². The number of hydrogen-bond donors (Lipinski definition) is 0. The summed E-state index contributed by atoms with van der Waals surface area (Å²) in [6, 6.07) is 8.57. The van der Waals surface area contributed by atoms with Crippen LogP contribution in [-0.4, -0.2) is 23.9 Å². The predicted molar refractivity (Wildman–Crippen MR) is 179 cm³/mol. The summed E-state index contributed by atoms with van der Waals surface area (Å²) >= 11 is 10.3. The summed E-state index contributed by atoms with van der Waals surface area (Å²) in [5.74, 6) is 0. The van der Waals surface area contributed by atoms with E-state index in [1.54, 1.807) is 0 Å². The molecule has 0 fully saturated rings. The van der Waals surface area contributed by atoms with E-state index >= 15 is 0 Å². The van der Waals surface area contributed by atoms with Gasteiger partial charge < -0.3 is 25.3 Å². The van der Waals surface area contributed by atoms with Gasteiger partial charge in [0.25, 0.3) is 0 Å². The van der Waals surface area contributed by atoms with Crippen LogP contribution >= 0.6 is 0 Å². The van der Waals surface area contributed by atoms with Gasteiger partial charge in [-0.25, -0.2) is 0 Å². The summed E-state index contributed by atoms with van der Waals surface area (Å²) < 4.78 is 219. The maximum Gasteiger partial charge on any atom is 2.00 e. The first-order valence-electron chi connectivity index (χ1n) is 14.9. The molecule has 21 heteroatoms. The fourth-order valence-corrected chi connectivity index (χ4v) is 4.65. The van der Waals surface area contributed by atoms with Gasteiger partial charge in [-0.05, 0) is 65.8 Å². The van der Waals surface area contributed by atoms with E-state index in [0.29, 0.717) is 0 Å². The first kappa shape index (κ1) is 53.9. The van der Waals surface area contributed by atoms with Gasteiger partial charge in [-0.15, -0.1) is 0 Å². The summed E-state index contributed by atoms with van der Waals surface area (Å²) in [5.41, 5.74) is -5.09. The predicted octanol–water partition coefficient (Wildman–Crippen LogP) is 13.7. The standard InChI is InChI=1S/2C9H2F9.2C9H12S.Sn/c2*10-7(11,12)4-1-5(8(13,14)15)3-6(2-4)9(16,17)18;2*1-6-4-7(2)9(10)8(3)5-6;/h2*1-2H;2*4-5,10H,1-3H3;/q;;;;+2/p-2. The van der Waals surface area contributed by atoms with Gasteiger partial charge in [-0.1, -0.05) is 57.6 Å². The van der Waals surface area contributed by atoms with Crippen molar-refractivity contribution >= 4 is 49.2 Å². The van der Waals surface area contributed by atoms with Crippen molar-refractivity contribution in [2.45, 2.75) is 88.4 Å². The van der Waals surface area contributed by atoms with Crippen LogP contribution in [-0.2, 0) is 62.3 Å². The Kier molecular flexibility index (Phi) is 18.7. The maximum absolute atomic E-state index is 12.2. The first-order chi connectivity index (χ1) is 24.8. The zero-order chi connectivity index (χ0) is 44.2. The third-order valence-corrected chi connectivity index (χ3v) is 8.11. The second-order valence-corrected chi connectivity index (χ2v) is 12.7. The summed E-state index contributed by atoms with van der Waals surface area (Å²) in [6.45, 7) is 12.4. The molecule has 4 radical (unpaired) electrons. The zero-order valence-electron chi connectivity index (χ0n) is 29.7. The van der Waals surface area contributed by atoms with E-state index in [9.17, 15) is 79.0 Å². The molecule has 0 bridgehead atoms. The third kappa shape index (κ3) is 17.3. The molecule has 0 amide bonds.